The monoisotopic (exact) mass is 504 g/mol. The molecule has 13 nitrogen and oxygen atoms in total. The number of aromatic amines is 1. The fraction of sp³-hybridized carbons (Fsp3) is 0.381. The van der Waals surface area contributed by atoms with Crippen LogP contribution in [0.3, 0.4) is 0 Å². The molecule has 186 valence electrons. The van der Waals surface area contributed by atoms with Crippen LogP contribution in [-0.2, 0) is 23.1 Å². The molecule has 1 aromatic carbocycles. The number of H-pyrrole nitrogens is 1. The summed E-state index contributed by atoms with van der Waals surface area (Å²) >= 11 is 0. The van der Waals surface area contributed by atoms with Crippen molar-refractivity contribution in [2.45, 2.75) is 38.7 Å². The van der Waals surface area contributed by atoms with Crippen LogP contribution in [0.15, 0.2) is 47.0 Å². The van der Waals surface area contributed by atoms with Gasteiger partial charge in [-0.25, -0.2) is 4.79 Å². The van der Waals surface area contributed by atoms with Gasteiger partial charge in [0.25, 0.3) is 5.56 Å². The van der Waals surface area contributed by atoms with Crippen molar-refractivity contribution in [3.63, 3.8) is 0 Å². The molecule has 0 unspecified atom stereocenters. The van der Waals surface area contributed by atoms with Gasteiger partial charge < -0.3 is 24.3 Å². The molecule has 0 spiro atoms. The molecule has 4 rings (SSSR count). The Morgan fingerprint density at radius 2 is 2.00 bits per heavy atom. The van der Waals surface area contributed by atoms with E-state index in [4.69, 9.17) is 24.3 Å². The quantitative estimate of drug-likeness (QED) is 0.323. The van der Waals surface area contributed by atoms with E-state index in [1.54, 1.807) is 44.2 Å². The van der Waals surface area contributed by atoms with Crippen LogP contribution in [0.2, 0.25) is 0 Å². The lowest BCUT2D eigenvalue weighted by atomic mass is 10.2. The second-order valence-corrected chi connectivity index (χ2v) is 9.38. The maximum atomic E-state index is 12.8. The molecule has 3 heterocycles. The number of anilines is 1. The van der Waals surface area contributed by atoms with Gasteiger partial charge in [-0.05, 0) is 32.1 Å². The van der Waals surface area contributed by atoms with Gasteiger partial charge in [0, 0.05) is 12.2 Å². The van der Waals surface area contributed by atoms with Gasteiger partial charge >= 0.3 is 13.6 Å². The van der Waals surface area contributed by atoms with Crippen molar-refractivity contribution in [2.24, 2.45) is 0 Å². The summed E-state index contributed by atoms with van der Waals surface area (Å²) in [6, 6.07) is 8.46. The Balaban J connectivity index is 1.65. The van der Waals surface area contributed by atoms with Crippen LogP contribution in [0.4, 0.5) is 5.95 Å². The van der Waals surface area contributed by atoms with E-state index in [0.29, 0.717) is 5.56 Å². The first-order chi connectivity index (χ1) is 16.8. The van der Waals surface area contributed by atoms with Gasteiger partial charge in [-0.15, -0.1) is 5.10 Å². The van der Waals surface area contributed by atoms with Gasteiger partial charge in [0.05, 0.1) is 24.9 Å². The number of carbonyl (C=O) groups is 1. The SMILES string of the molecule is CCOP(=O)(C=C[C@@H]1C[C@@H](OC(=O)c2ccccc2)[C@H](n2nnc3c(=O)[nH]c(N)nc32)O1)OCC. The normalized spacial score (nSPS) is 20.6. The van der Waals surface area contributed by atoms with Crippen molar-refractivity contribution >= 4 is 30.7 Å². The highest BCUT2D eigenvalue weighted by Crippen LogP contribution is 2.50. The highest BCUT2D eigenvalue weighted by atomic mass is 31.2. The van der Waals surface area contributed by atoms with E-state index < -0.39 is 37.6 Å². The number of benzene rings is 1. The van der Waals surface area contributed by atoms with Crippen molar-refractivity contribution in [3.05, 3.63) is 58.1 Å². The third-order valence-electron chi connectivity index (χ3n) is 5.06. The maximum Gasteiger partial charge on any atom is 0.353 e. The van der Waals surface area contributed by atoms with Crippen LogP contribution in [0.5, 0.6) is 0 Å². The van der Waals surface area contributed by atoms with Crippen LogP contribution in [0.1, 0.15) is 36.9 Å². The molecule has 35 heavy (non-hydrogen) atoms. The molecule has 0 aliphatic carbocycles. The second kappa shape index (κ2) is 10.5. The summed E-state index contributed by atoms with van der Waals surface area (Å²) < 4.78 is 36.4. The molecule has 0 bridgehead atoms. The molecule has 3 N–H and O–H groups in total. The van der Waals surface area contributed by atoms with E-state index in [1.165, 1.54) is 16.6 Å². The molecule has 0 radical (unpaired) electrons. The Bertz CT molecular complexity index is 1310. The zero-order valence-corrected chi connectivity index (χ0v) is 20.0. The van der Waals surface area contributed by atoms with Crippen LogP contribution in [0, 0.1) is 0 Å². The summed E-state index contributed by atoms with van der Waals surface area (Å²) in [4.78, 5) is 31.4. The molecule has 3 atom stereocenters. The zero-order valence-electron chi connectivity index (χ0n) is 19.1. The van der Waals surface area contributed by atoms with Crippen LogP contribution in [-0.4, -0.2) is 56.4 Å². The first-order valence-electron chi connectivity index (χ1n) is 10.9. The third-order valence-corrected chi connectivity index (χ3v) is 6.83. The number of rotatable bonds is 9. The fourth-order valence-electron chi connectivity index (χ4n) is 3.61. The van der Waals surface area contributed by atoms with E-state index >= 15 is 0 Å². The molecule has 3 aromatic rings. The lowest BCUT2D eigenvalue weighted by molar-refractivity contribution is -0.0447. The lowest BCUT2D eigenvalue weighted by Gasteiger charge is -2.19. The Morgan fingerprint density at radius 3 is 2.69 bits per heavy atom. The molecular formula is C21H25N6O7P. The maximum absolute atomic E-state index is 12.8. The van der Waals surface area contributed by atoms with E-state index in [1.807, 2.05) is 0 Å². The molecule has 2 aromatic heterocycles. The minimum atomic E-state index is -3.48. The topological polar surface area (TPSA) is 174 Å². The molecule has 1 aliphatic heterocycles. The number of esters is 1. The Morgan fingerprint density at radius 1 is 1.29 bits per heavy atom. The number of hydrogen-bond acceptors (Lipinski definition) is 11. The van der Waals surface area contributed by atoms with E-state index in [2.05, 4.69) is 20.3 Å². The number of fused-ring (bicyclic) bond motifs is 1. The number of nitrogens with one attached hydrogen (secondary N) is 1. The summed E-state index contributed by atoms with van der Waals surface area (Å²) in [5.41, 5.74) is 5.49. The predicted octanol–water partition coefficient (Wildman–Crippen LogP) is 2.39. The first-order valence-corrected chi connectivity index (χ1v) is 12.5. The second-order valence-electron chi connectivity index (χ2n) is 7.48. The molecule has 1 saturated heterocycles. The number of hydrogen-bond donors (Lipinski definition) is 2. The largest absolute Gasteiger partial charge is 0.454 e. The average molecular weight is 504 g/mol. The number of carbonyl (C=O) groups excluding carboxylic acids is 1. The van der Waals surface area contributed by atoms with Gasteiger partial charge in [0.1, 0.15) is 0 Å². The highest BCUT2D eigenvalue weighted by Gasteiger charge is 2.41. The van der Waals surface area contributed by atoms with Crippen molar-refractivity contribution in [1.82, 2.24) is 25.0 Å². The summed E-state index contributed by atoms with van der Waals surface area (Å²) in [6.45, 7) is 3.80. The van der Waals surface area contributed by atoms with Crippen molar-refractivity contribution in [1.29, 1.82) is 0 Å². The van der Waals surface area contributed by atoms with Crippen LogP contribution < -0.4 is 11.3 Å². The number of aromatic nitrogens is 5. The van der Waals surface area contributed by atoms with E-state index in [-0.39, 0.29) is 36.7 Å². The summed E-state index contributed by atoms with van der Waals surface area (Å²) in [7, 11) is -3.48. The van der Waals surface area contributed by atoms with Crippen LogP contribution >= 0.6 is 7.60 Å². The lowest BCUT2D eigenvalue weighted by Crippen LogP contribution is -2.27. The predicted molar refractivity (Wildman–Crippen MR) is 125 cm³/mol. The minimum absolute atomic E-state index is 0.0490. The summed E-state index contributed by atoms with van der Waals surface area (Å²) in [5, 5.41) is 7.86. The van der Waals surface area contributed by atoms with E-state index in [9.17, 15) is 14.2 Å². The van der Waals surface area contributed by atoms with Gasteiger partial charge in [0.2, 0.25) is 5.95 Å². The minimum Gasteiger partial charge on any atom is -0.454 e. The fourth-order valence-corrected chi connectivity index (χ4v) is 4.98. The number of nitrogens with two attached hydrogens (primary N) is 1. The standard InChI is InChI=1S/C21H25N6O7P/c1-3-31-35(30,32-4-2)11-10-14-12-15(34-20(29)13-8-6-5-7-9-13)19(33-14)27-17-16(25-26-27)18(28)24-21(22)23-17/h5-11,14-15,19H,3-4,12H2,1-2H3,(H3,22,23,24,28)/t14-,15-,19-/m1/s1. The Labute approximate surface area is 199 Å². The highest BCUT2D eigenvalue weighted by molar-refractivity contribution is 7.57. The number of ether oxygens (including phenoxy) is 2. The Hall–Kier alpha value is -3.38. The number of nitrogen functional groups attached to an aromatic ring is 1. The van der Waals surface area contributed by atoms with E-state index in [0.717, 1.165) is 0 Å². The zero-order chi connectivity index (χ0) is 25.0. The van der Waals surface area contributed by atoms with Crippen LogP contribution in [0.25, 0.3) is 11.2 Å². The third kappa shape index (κ3) is 5.49. The Kier molecular flexibility index (Phi) is 7.41. The van der Waals surface area contributed by atoms with Crippen molar-refractivity contribution < 1.29 is 27.9 Å². The molecule has 0 saturated carbocycles. The molecule has 1 fully saturated rings. The van der Waals surface area contributed by atoms with Gasteiger partial charge in [-0.2, -0.15) is 9.67 Å². The molecular weight excluding hydrogens is 479 g/mol. The summed E-state index contributed by atoms with van der Waals surface area (Å²) in [5.74, 6) is 0.620. The smallest absolute Gasteiger partial charge is 0.353 e. The first kappa shape index (κ1) is 24.7. The summed E-state index contributed by atoms with van der Waals surface area (Å²) in [6.07, 6.45) is -0.764. The van der Waals surface area contributed by atoms with Gasteiger partial charge in [-0.1, -0.05) is 23.4 Å². The number of nitrogens with zero attached hydrogens (tertiary/aromatic N) is 4. The van der Waals surface area contributed by atoms with Gasteiger partial charge in [0.15, 0.2) is 23.5 Å². The molecule has 14 heteroatoms. The molecule has 0 amide bonds. The molecule has 1 aliphatic rings. The average Bonchev–Trinajstić information content (AvgIpc) is 3.42. The van der Waals surface area contributed by atoms with Gasteiger partial charge in [-0.3, -0.25) is 14.3 Å². The van der Waals surface area contributed by atoms with Crippen molar-refractivity contribution in [2.75, 3.05) is 18.9 Å². The van der Waals surface area contributed by atoms with Crippen molar-refractivity contribution in [3.8, 4) is 0 Å².